The van der Waals surface area contributed by atoms with E-state index < -0.39 is 5.54 Å². The lowest BCUT2D eigenvalue weighted by atomic mass is 9.86. The Hall–Kier alpha value is -2.61. The van der Waals surface area contributed by atoms with Gasteiger partial charge in [0.2, 0.25) is 5.91 Å². The molecule has 2 aliphatic rings. The number of rotatable bonds is 3. The minimum absolute atomic E-state index is 0. The Balaban J connectivity index is 0.00000245. The van der Waals surface area contributed by atoms with E-state index in [1.54, 1.807) is 4.90 Å². The highest BCUT2D eigenvalue weighted by Crippen LogP contribution is 2.41. The molecule has 0 spiro atoms. The van der Waals surface area contributed by atoms with E-state index in [0.717, 1.165) is 35.3 Å². The number of ether oxygens (including phenoxy) is 1. The van der Waals surface area contributed by atoms with Crippen LogP contribution in [0.3, 0.4) is 0 Å². The van der Waals surface area contributed by atoms with Gasteiger partial charge in [-0.05, 0) is 25.8 Å². The van der Waals surface area contributed by atoms with E-state index in [1.807, 2.05) is 49.4 Å². The molecule has 1 fully saturated rings. The zero-order valence-electron chi connectivity index (χ0n) is 17.7. The van der Waals surface area contributed by atoms with Crippen LogP contribution in [0.2, 0.25) is 5.02 Å². The Kier molecular flexibility index (Phi) is 6.16. The second-order valence-electron chi connectivity index (χ2n) is 8.30. The summed E-state index contributed by atoms with van der Waals surface area (Å²) in [6, 6.07) is 13.7. The van der Waals surface area contributed by atoms with Crippen LogP contribution >= 0.6 is 24.0 Å². The van der Waals surface area contributed by atoms with E-state index in [0.29, 0.717) is 23.8 Å². The number of carbonyl (C=O) groups excluding carboxylic acids is 1. The number of aromatic nitrogens is 2. The van der Waals surface area contributed by atoms with Crippen molar-refractivity contribution in [2.24, 2.45) is 10.7 Å². The number of nitrogens with two attached hydrogens (primary N) is 1. The van der Waals surface area contributed by atoms with Gasteiger partial charge in [-0.3, -0.25) is 9.69 Å². The van der Waals surface area contributed by atoms with Crippen molar-refractivity contribution in [3.8, 4) is 11.4 Å². The molecule has 9 heteroatoms. The van der Waals surface area contributed by atoms with Gasteiger partial charge in [0.15, 0.2) is 5.96 Å². The van der Waals surface area contributed by atoms with E-state index in [-0.39, 0.29) is 36.7 Å². The molecular formula is C23H25Cl2N5O2. The maximum absolute atomic E-state index is 13.1. The largest absolute Gasteiger partial charge is 0.381 e. The summed E-state index contributed by atoms with van der Waals surface area (Å²) in [6.45, 7) is 3.16. The number of guanidine groups is 1. The number of aliphatic imine (C=N–C) groups is 1. The number of hydrogen-bond donors (Lipinski definition) is 2. The van der Waals surface area contributed by atoms with E-state index in [4.69, 9.17) is 32.0 Å². The number of imidazole rings is 1. The van der Waals surface area contributed by atoms with Crippen molar-refractivity contribution < 1.29 is 9.53 Å². The Bertz CT molecular complexity index is 1170. The van der Waals surface area contributed by atoms with E-state index in [9.17, 15) is 4.79 Å². The zero-order chi connectivity index (χ0) is 21.6. The minimum atomic E-state index is -0.847. The molecule has 5 rings (SSSR count). The first kappa shape index (κ1) is 22.6. The highest BCUT2D eigenvalue weighted by molar-refractivity contribution is 6.36. The Morgan fingerprint density at radius 2 is 1.91 bits per heavy atom. The van der Waals surface area contributed by atoms with Crippen LogP contribution in [0.1, 0.15) is 31.7 Å². The molecule has 32 heavy (non-hydrogen) atoms. The van der Waals surface area contributed by atoms with Crippen molar-refractivity contribution in [2.45, 2.75) is 37.8 Å². The molecule has 7 nitrogen and oxygen atoms in total. The predicted octanol–water partition coefficient (Wildman–Crippen LogP) is 4.25. The monoisotopic (exact) mass is 473 g/mol. The Morgan fingerprint density at radius 3 is 2.59 bits per heavy atom. The summed E-state index contributed by atoms with van der Waals surface area (Å²) in [7, 11) is 0. The minimum Gasteiger partial charge on any atom is -0.381 e. The summed E-state index contributed by atoms with van der Waals surface area (Å²) < 4.78 is 5.42. The molecule has 1 amide bonds. The summed E-state index contributed by atoms with van der Waals surface area (Å²) in [4.78, 5) is 27.6. The first-order valence-electron chi connectivity index (χ1n) is 10.5. The number of amides is 1. The molecule has 1 saturated heterocycles. The molecule has 0 radical (unpaired) electrons. The number of carbonyl (C=O) groups is 1. The van der Waals surface area contributed by atoms with Crippen molar-refractivity contribution in [3.63, 3.8) is 0 Å². The predicted molar refractivity (Wildman–Crippen MR) is 128 cm³/mol. The normalized spacial score (nSPS) is 22.0. The van der Waals surface area contributed by atoms with Gasteiger partial charge >= 0.3 is 0 Å². The van der Waals surface area contributed by atoms with Crippen molar-refractivity contribution >= 4 is 46.9 Å². The Morgan fingerprint density at radius 1 is 1.19 bits per heavy atom. The van der Waals surface area contributed by atoms with Gasteiger partial charge in [-0.1, -0.05) is 48.0 Å². The number of H-pyrrole nitrogens is 1. The lowest BCUT2D eigenvalue weighted by Gasteiger charge is -2.40. The third-order valence-corrected chi connectivity index (χ3v) is 6.53. The number of fused-ring (bicyclic) bond motifs is 1. The molecule has 2 aliphatic heterocycles. The lowest BCUT2D eigenvalue weighted by Crippen LogP contribution is -2.55. The molecule has 0 saturated carbocycles. The molecule has 0 aliphatic carbocycles. The summed E-state index contributed by atoms with van der Waals surface area (Å²) in [5.74, 6) is 0.951. The number of nitrogens with one attached hydrogen (secondary N) is 1. The highest BCUT2D eigenvalue weighted by atomic mass is 35.5. The molecule has 1 atom stereocenters. The fraction of sp³-hybridized carbons (Fsp3) is 0.348. The maximum Gasteiger partial charge on any atom is 0.232 e. The number of aromatic amines is 1. The summed E-state index contributed by atoms with van der Waals surface area (Å²) in [6.07, 6.45) is 1.73. The van der Waals surface area contributed by atoms with Gasteiger partial charge in [0.25, 0.3) is 0 Å². The van der Waals surface area contributed by atoms with Gasteiger partial charge in [0.05, 0.1) is 22.5 Å². The second-order valence-corrected chi connectivity index (χ2v) is 8.68. The smallest absolute Gasteiger partial charge is 0.232 e. The molecule has 3 aromatic rings. The fourth-order valence-electron chi connectivity index (χ4n) is 4.53. The maximum atomic E-state index is 13.1. The quantitative estimate of drug-likeness (QED) is 0.593. The Labute approximate surface area is 197 Å². The van der Waals surface area contributed by atoms with Gasteiger partial charge in [-0.25, -0.2) is 9.98 Å². The van der Waals surface area contributed by atoms with E-state index in [1.165, 1.54) is 0 Å². The van der Waals surface area contributed by atoms with Crippen LogP contribution in [0, 0.1) is 0 Å². The average Bonchev–Trinajstić information content (AvgIpc) is 3.20. The zero-order valence-corrected chi connectivity index (χ0v) is 19.2. The third-order valence-electron chi connectivity index (χ3n) is 6.15. The van der Waals surface area contributed by atoms with Crippen LogP contribution in [0.5, 0.6) is 0 Å². The van der Waals surface area contributed by atoms with Gasteiger partial charge in [-0.2, -0.15) is 0 Å². The summed E-state index contributed by atoms with van der Waals surface area (Å²) in [5, 5.41) is 0.488. The van der Waals surface area contributed by atoms with Crippen molar-refractivity contribution in [3.05, 3.63) is 53.1 Å². The molecule has 0 bridgehead atoms. The van der Waals surface area contributed by atoms with Crippen molar-refractivity contribution in [2.75, 3.05) is 13.2 Å². The standard InChI is InChI=1S/C23H24ClN5O2.ClH/c1-23(13-18(30)29(22(25)28-23)15-9-11-31-12-10-15)16-7-8-17-20(19(16)24)27-21(26-17)14-5-3-2-4-6-14;/h2-8,15H,9-13H2,1H3,(H2,25,28)(H,26,27);1H/t23-;/m0./s1. The van der Waals surface area contributed by atoms with Gasteiger partial charge in [-0.15, -0.1) is 12.4 Å². The number of benzene rings is 2. The third kappa shape index (κ3) is 3.85. The van der Waals surface area contributed by atoms with Crippen LogP contribution in [0.15, 0.2) is 47.5 Å². The lowest BCUT2D eigenvalue weighted by molar-refractivity contribution is -0.132. The van der Waals surface area contributed by atoms with Crippen molar-refractivity contribution in [1.29, 1.82) is 0 Å². The fourth-order valence-corrected chi connectivity index (χ4v) is 4.94. The van der Waals surface area contributed by atoms with Crippen LogP contribution < -0.4 is 5.73 Å². The number of hydrogen-bond acceptors (Lipinski definition) is 5. The molecule has 3 heterocycles. The van der Waals surface area contributed by atoms with Gasteiger partial charge in [0.1, 0.15) is 11.3 Å². The molecule has 2 aromatic carbocycles. The SMILES string of the molecule is C[C@@]1(c2ccc3[nH]c(-c4ccccc4)nc3c2Cl)CC(=O)N(C2CCOCC2)C(N)=N1.Cl. The summed E-state index contributed by atoms with van der Waals surface area (Å²) in [5.41, 5.74) is 8.67. The van der Waals surface area contributed by atoms with Crippen LogP contribution in [-0.4, -0.2) is 46.0 Å². The van der Waals surface area contributed by atoms with Gasteiger partial charge in [0, 0.05) is 30.4 Å². The van der Waals surface area contributed by atoms with Crippen LogP contribution in [0.25, 0.3) is 22.4 Å². The second kappa shape index (κ2) is 8.73. The van der Waals surface area contributed by atoms with Crippen LogP contribution in [-0.2, 0) is 15.1 Å². The van der Waals surface area contributed by atoms with Crippen LogP contribution in [0.4, 0.5) is 0 Å². The molecule has 3 N–H and O–H groups in total. The number of nitrogens with zero attached hydrogens (tertiary/aromatic N) is 3. The number of halogens is 2. The van der Waals surface area contributed by atoms with Crippen molar-refractivity contribution in [1.82, 2.24) is 14.9 Å². The first-order valence-corrected chi connectivity index (χ1v) is 10.8. The summed E-state index contributed by atoms with van der Waals surface area (Å²) >= 11 is 6.81. The topological polar surface area (TPSA) is 96.6 Å². The first-order chi connectivity index (χ1) is 15.0. The van der Waals surface area contributed by atoms with E-state index >= 15 is 0 Å². The molecule has 0 unspecified atom stereocenters. The molecule has 168 valence electrons. The highest BCUT2D eigenvalue weighted by Gasteiger charge is 2.41. The van der Waals surface area contributed by atoms with E-state index in [2.05, 4.69) is 4.98 Å². The van der Waals surface area contributed by atoms with Gasteiger partial charge < -0.3 is 15.5 Å². The molecular weight excluding hydrogens is 449 g/mol. The average molecular weight is 474 g/mol. The molecule has 1 aromatic heterocycles.